The highest BCUT2D eigenvalue weighted by atomic mass is 19.4. The number of hydrogen-bond donors (Lipinski definition) is 0. The molecule has 152 valence electrons. The van der Waals surface area contributed by atoms with Gasteiger partial charge in [0.05, 0.1) is 5.56 Å². The number of piperazine rings is 1. The van der Waals surface area contributed by atoms with Crippen LogP contribution in [0.4, 0.5) is 13.2 Å². The molecule has 3 atom stereocenters. The van der Waals surface area contributed by atoms with Crippen LogP contribution in [0.2, 0.25) is 0 Å². The fourth-order valence-electron chi connectivity index (χ4n) is 4.11. The monoisotopic (exact) mass is 396 g/mol. The molecule has 8 heteroatoms. The molecule has 0 N–H and O–H groups in total. The van der Waals surface area contributed by atoms with E-state index in [2.05, 4.69) is 0 Å². The van der Waals surface area contributed by atoms with E-state index in [-0.39, 0.29) is 29.8 Å². The number of ether oxygens (including phenoxy) is 1. The molecule has 1 aliphatic carbocycles. The van der Waals surface area contributed by atoms with Crippen molar-refractivity contribution in [2.75, 3.05) is 32.8 Å². The van der Waals surface area contributed by atoms with Crippen molar-refractivity contribution >= 4 is 11.8 Å². The molecule has 1 aromatic rings. The molecule has 2 amide bonds. The van der Waals surface area contributed by atoms with Gasteiger partial charge in [-0.25, -0.2) is 0 Å². The molecule has 0 bridgehead atoms. The van der Waals surface area contributed by atoms with E-state index >= 15 is 0 Å². The van der Waals surface area contributed by atoms with Crippen molar-refractivity contribution in [3.05, 3.63) is 35.4 Å². The Bertz CT molecular complexity index is 736. The molecule has 0 aromatic heterocycles. The smallest absolute Gasteiger partial charge is 0.368 e. The lowest BCUT2D eigenvalue weighted by Gasteiger charge is -2.36. The highest BCUT2D eigenvalue weighted by molar-refractivity contribution is 5.84. The van der Waals surface area contributed by atoms with E-state index in [0.29, 0.717) is 39.2 Å². The predicted molar refractivity (Wildman–Crippen MR) is 94.4 cm³/mol. The lowest BCUT2D eigenvalue weighted by Crippen LogP contribution is -2.53. The first kappa shape index (κ1) is 19.2. The summed E-state index contributed by atoms with van der Waals surface area (Å²) in [6.07, 6.45) is -2.36. The fourth-order valence-corrected chi connectivity index (χ4v) is 4.11. The number of carbonyl (C=O) groups is 2. The molecule has 3 aliphatic rings. The van der Waals surface area contributed by atoms with Crippen LogP contribution in [-0.2, 0) is 20.5 Å². The molecule has 1 saturated carbocycles. The molecule has 2 aliphatic heterocycles. The molecule has 1 aromatic carbocycles. The highest BCUT2D eigenvalue weighted by Crippen LogP contribution is 2.49. The maximum atomic E-state index is 12.7. The van der Waals surface area contributed by atoms with Crippen LogP contribution >= 0.6 is 0 Å². The number of hydrogen-bond acceptors (Lipinski definition) is 3. The average Bonchev–Trinajstić information content (AvgIpc) is 3.30. The Hall–Kier alpha value is -2.09. The minimum Gasteiger partial charge on any atom is -0.368 e. The Balaban J connectivity index is 1.29. The molecule has 5 nitrogen and oxygen atoms in total. The minimum absolute atomic E-state index is 0.0126. The highest BCUT2D eigenvalue weighted by Gasteiger charge is 2.46. The van der Waals surface area contributed by atoms with Gasteiger partial charge in [-0.1, -0.05) is 12.1 Å². The average molecular weight is 396 g/mol. The van der Waals surface area contributed by atoms with Crippen molar-refractivity contribution in [1.29, 1.82) is 0 Å². The van der Waals surface area contributed by atoms with Gasteiger partial charge < -0.3 is 14.5 Å². The summed E-state index contributed by atoms with van der Waals surface area (Å²) >= 11 is 0. The van der Waals surface area contributed by atoms with Crippen molar-refractivity contribution in [3.8, 4) is 0 Å². The summed E-state index contributed by atoms with van der Waals surface area (Å²) in [4.78, 5) is 28.6. The Kier molecular flexibility index (Phi) is 5.07. The van der Waals surface area contributed by atoms with Gasteiger partial charge in [0.1, 0.15) is 6.10 Å². The van der Waals surface area contributed by atoms with Crippen molar-refractivity contribution in [2.24, 2.45) is 5.92 Å². The molecular weight excluding hydrogens is 373 g/mol. The summed E-state index contributed by atoms with van der Waals surface area (Å²) in [6, 6.07) is 5.09. The lowest BCUT2D eigenvalue weighted by atomic mass is 10.1. The third-order valence-electron chi connectivity index (χ3n) is 5.88. The van der Waals surface area contributed by atoms with E-state index in [0.717, 1.165) is 30.5 Å². The first-order chi connectivity index (χ1) is 13.3. The summed E-state index contributed by atoms with van der Waals surface area (Å²) in [7, 11) is 0. The maximum Gasteiger partial charge on any atom is 0.416 e. The number of nitrogens with zero attached hydrogens (tertiary/aromatic N) is 2. The number of benzene rings is 1. The van der Waals surface area contributed by atoms with E-state index in [1.165, 1.54) is 12.1 Å². The van der Waals surface area contributed by atoms with E-state index in [4.69, 9.17) is 4.74 Å². The topological polar surface area (TPSA) is 49.9 Å². The normalized spacial score (nSPS) is 27.8. The summed E-state index contributed by atoms with van der Waals surface area (Å²) in [5, 5.41) is 0. The van der Waals surface area contributed by atoms with Crippen LogP contribution in [0.5, 0.6) is 0 Å². The molecule has 0 spiro atoms. The van der Waals surface area contributed by atoms with Gasteiger partial charge in [-0.2, -0.15) is 13.2 Å². The molecule has 2 heterocycles. The van der Waals surface area contributed by atoms with Crippen molar-refractivity contribution < 1.29 is 27.5 Å². The second kappa shape index (κ2) is 7.39. The minimum atomic E-state index is -4.35. The van der Waals surface area contributed by atoms with Crippen LogP contribution in [0.15, 0.2) is 24.3 Å². The molecular formula is C20H23F3N2O3. The summed E-state index contributed by atoms with van der Waals surface area (Å²) < 4.78 is 43.5. The standard InChI is InChI=1S/C20H23F3N2O3/c21-20(22,23)14-5-3-13(4-6-14)15-12-16(15)18(26)24-7-9-25(10-8-24)19(27)17-2-1-11-28-17/h3-6,15-17H,1-2,7-12H2. The van der Waals surface area contributed by atoms with Crippen LogP contribution in [0, 0.1) is 5.92 Å². The van der Waals surface area contributed by atoms with Crippen LogP contribution in [-0.4, -0.2) is 60.5 Å². The molecule has 4 rings (SSSR count). The fraction of sp³-hybridized carbons (Fsp3) is 0.600. The zero-order valence-corrected chi connectivity index (χ0v) is 15.5. The number of halogens is 3. The number of rotatable bonds is 3. The number of carbonyl (C=O) groups excluding carboxylic acids is 2. The number of alkyl halides is 3. The summed E-state index contributed by atoms with van der Waals surface area (Å²) in [5.41, 5.74) is 0.102. The van der Waals surface area contributed by atoms with Crippen molar-refractivity contribution in [1.82, 2.24) is 9.80 Å². The van der Waals surface area contributed by atoms with Gasteiger partial charge in [0.2, 0.25) is 5.91 Å². The Labute approximate surface area is 161 Å². The molecule has 0 radical (unpaired) electrons. The largest absolute Gasteiger partial charge is 0.416 e. The SMILES string of the molecule is O=C(C1CCCO1)N1CCN(C(=O)C2CC2c2ccc(C(F)(F)F)cc2)CC1. The second-order valence-corrected chi connectivity index (χ2v) is 7.72. The summed E-state index contributed by atoms with van der Waals surface area (Å²) in [6.45, 7) is 2.62. The Morgan fingerprint density at radius 1 is 0.964 bits per heavy atom. The molecule has 28 heavy (non-hydrogen) atoms. The van der Waals surface area contributed by atoms with Crippen LogP contribution < -0.4 is 0 Å². The third kappa shape index (κ3) is 3.87. The maximum absolute atomic E-state index is 12.7. The van der Waals surface area contributed by atoms with Crippen LogP contribution in [0.1, 0.15) is 36.3 Å². The van der Waals surface area contributed by atoms with Gasteiger partial charge in [-0.05, 0) is 42.9 Å². The molecule has 3 fully saturated rings. The van der Waals surface area contributed by atoms with Crippen LogP contribution in [0.25, 0.3) is 0 Å². The Morgan fingerprint density at radius 3 is 2.11 bits per heavy atom. The molecule has 3 unspecified atom stereocenters. The quantitative estimate of drug-likeness (QED) is 0.789. The first-order valence-corrected chi connectivity index (χ1v) is 9.71. The first-order valence-electron chi connectivity index (χ1n) is 9.71. The van der Waals surface area contributed by atoms with Crippen molar-refractivity contribution in [3.63, 3.8) is 0 Å². The van der Waals surface area contributed by atoms with E-state index in [9.17, 15) is 22.8 Å². The van der Waals surface area contributed by atoms with Crippen molar-refractivity contribution in [2.45, 2.75) is 37.5 Å². The second-order valence-electron chi connectivity index (χ2n) is 7.72. The van der Waals surface area contributed by atoms with Gasteiger partial charge in [0, 0.05) is 38.7 Å². The van der Waals surface area contributed by atoms with Gasteiger partial charge >= 0.3 is 6.18 Å². The Morgan fingerprint density at radius 2 is 1.57 bits per heavy atom. The van der Waals surface area contributed by atoms with Gasteiger partial charge in [0.15, 0.2) is 0 Å². The zero-order valence-electron chi connectivity index (χ0n) is 15.5. The molecule has 2 saturated heterocycles. The summed E-state index contributed by atoms with van der Waals surface area (Å²) in [5.74, 6) is -0.133. The van der Waals surface area contributed by atoms with E-state index in [1.54, 1.807) is 9.80 Å². The predicted octanol–water partition coefficient (Wildman–Crippen LogP) is 2.66. The lowest BCUT2D eigenvalue weighted by molar-refractivity contribution is -0.146. The van der Waals surface area contributed by atoms with Gasteiger partial charge in [0.25, 0.3) is 5.91 Å². The van der Waals surface area contributed by atoms with E-state index in [1.807, 2.05) is 0 Å². The zero-order chi connectivity index (χ0) is 19.9. The van der Waals surface area contributed by atoms with Crippen LogP contribution in [0.3, 0.4) is 0 Å². The van der Waals surface area contributed by atoms with Gasteiger partial charge in [-0.3, -0.25) is 9.59 Å². The van der Waals surface area contributed by atoms with E-state index < -0.39 is 11.7 Å². The van der Waals surface area contributed by atoms with Gasteiger partial charge in [-0.15, -0.1) is 0 Å². The number of amides is 2. The third-order valence-corrected chi connectivity index (χ3v) is 5.88.